The molecule has 1 aromatic carbocycles. The van der Waals surface area contributed by atoms with Gasteiger partial charge in [0.1, 0.15) is 12.6 Å². The second-order valence-electron chi connectivity index (χ2n) is 7.36. The lowest BCUT2D eigenvalue weighted by Gasteiger charge is -2.19. The van der Waals surface area contributed by atoms with Crippen LogP contribution in [0.15, 0.2) is 55.1 Å². The number of pyridine rings is 1. The number of carbonyl (C=O) groups excluding carboxylic acids is 1. The molecule has 11 heteroatoms. The van der Waals surface area contributed by atoms with Gasteiger partial charge in [0.15, 0.2) is 0 Å². The number of halogens is 3. The zero-order valence-electron chi connectivity index (χ0n) is 16.6. The van der Waals surface area contributed by atoms with Crippen molar-refractivity contribution in [2.24, 2.45) is 0 Å². The van der Waals surface area contributed by atoms with Gasteiger partial charge in [-0.2, -0.15) is 0 Å². The predicted octanol–water partition coefficient (Wildman–Crippen LogP) is 3.38. The van der Waals surface area contributed by atoms with Gasteiger partial charge in [0, 0.05) is 28.5 Å². The Bertz CT molecular complexity index is 1140. The van der Waals surface area contributed by atoms with Crippen molar-refractivity contribution in [3.63, 3.8) is 0 Å². The summed E-state index contributed by atoms with van der Waals surface area (Å²) in [6.45, 7) is -1.72. The summed E-state index contributed by atoms with van der Waals surface area (Å²) in [5.41, 5.74) is 2.69. The molecule has 0 spiro atoms. The number of aromatic nitrogens is 3. The van der Waals surface area contributed by atoms with Gasteiger partial charge in [-0.3, -0.25) is 14.7 Å². The molecule has 2 amide bonds. The summed E-state index contributed by atoms with van der Waals surface area (Å²) in [5.74, 6) is -4.04. The highest BCUT2D eigenvalue weighted by atomic mass is 35.5. The minimum Gasteiger partial charge on any atom is -0.465 e. The lowest BCUT2D eigenvalue weighted by atomic mass is 10.1. The van der Waals surface area contributed by atoms with Gasteiger partial charge >= 0.3 is 6.09 Å². The fraction of sp³-hybridized carbons (Fsp3) is 0.238. The Morgan fingerprint density at radius 3 is 2.47 bits per heavy atom. The normalized spacial score (nSPS) is 17.3. The molecule has 32 heavy (non-hydrogen) atoms. The van der Waals surface area contributed by atoms with Crippen molar-refractivity contribution in [2.75, 3.05) is 13.1 Å². The van der Waals surface area contributed by atoms with Crippen molar-refractivity contribution in [3.05, 3.63) is 60.1 Å². The van der Waals surface area contributed by atoms with Crippen LogP contribution in [0.5, 0.6) is 0 Å². The van der Waals surface area contributed by atoms with E-state index in [-0.39, 0.29) is 6.54 Å². The Kier molecular flexibility index (Phi) is 5.79. The highest BCUT2D eigenvalue weighted by Gasteiger charge is 2.50. The van der Waals surface area contributed by atoms with Crippen LogP contribution in [0.1, 0.15) is 0 Å². The summed E-state index contributed by atoms with van der Waals surface area (Å²) >= 11 is 5.98. The van der Waals surface area contributed by atoms with E-state index >= 15 is 0 Å². The summed E-state index contributed by atoms with van der Waals surface area (Å²) in [4.78, 5) is 32.7. The first-order chi connectivity index (χ1) is 15.2. The number of likely N-dealkylation sites (tertiary alicyclic amines) is 1. The Hall–Kier alpha value is -3.53. The largest absolute Gasteiger partial charge is 0.465 e. The zero-order valence-corrected chi connectivity index (χ0v) is 17.3. The van der Waals surface area contributed by atoms with Crippen molar-refractivity contribution >= 4 is 23.6 Å². The Morgan fingerprint density at radius 1 is 1.16 bits per heavy atom. The third-order valence-electron chi connectivity index (χ3n) is 5.14. The number of nitrogens with one attached hydrogen (secondary N) is 1. The van der Waals surface area contributed by atoms with E-state index in [0.29, 0.717) is 21.3 Å². The van der Waals surface area contributed by atoms with Crippen LogP contribution in [0.2, 0.25) is 5.02 Å². The number of benzene rings is 1. The number of hydrogen-bond acceptors (Lipinski definition) is 4. The molecule has 0 aliphatic carbocycles. The maximum absolute atomic E-state index is 14.2. The van der Waals surface area contributed by atoms with Crippen molar-refractivity contribution in [1.29, 1.82) is 0 Å². The molecule has 4 rings (SSSR count). The molecule has 8 nitrogen and oxygen atoms in total. The van der Waals surface area contributed by atoms with E-state index < -0.39 is 37.1 Å². The van der Waals surface area contributed by atoms with Crippen LogP contribution in [0.25, 0.3) is 22.5 Å². The zero-order chi connectivity index (χ0) is 22.9. The minimum absolute atomic E-state index is 0.280. The number of nitrogens with zero attached hydrogens (tertiary/aromatic N) is 4. The van der Waals surface area contributed by atoms with E-state index in [1.807, 2.05) is 0 Å². The third-order valence-corrected chi connectivity index (χ3v) is 5.40. The summed E-state index contributed by atoms with van der Waals surface area (Å²) in [6, 6.07) is 8.92. The average Bonchev–Trinajstić information content (AvgIpc) is 3.30. The highest BCUT2D eigenvalue weighted by Crippen LogP contribution is 2.32. The van der Waals surface area contributed by atoms with E-state index in [0.717, 1.165) is 11.1 Å². The lowest BCUT2D eigenvalue weighted by Crippen LogP contribution is -2.47. The Labute approximate surface area is 186 Å². The molecular formula is C21H18ClF2N5O3. The molecule has 1 aliphatic heterocycles. The van der Waals surface area contributed by atoms with Crippen molar-refractivity contribution < 1.29 is 23.5 Å². The van der Waals surface area contributed by atoms with Crippen LogP contribution < -0.4 is 5.32 Å². The monoisotopic (exact) mass is 461 g/mol. The number of carbonyl (C=O) groups is 2. The number of alkyl halides is 2. The van der Waals surface area contributed by atoms with Gasteiger partial charge in [-0.1, -0.05) is 23.7 Å². The topological polar surface area (TPSA) is 100 Å². The maximum Gasteiger partial charge on any atom is 0.407 e. The Balaban J connectivity index is 1.61. The van der Waals surface area contributed by atoms with E-state index in [1.54, 1.807) is 53.4 Å². The van der Waals surface area contributed by atoms with Gasteiger partial charge in [-0.15, -0.1) is 0 Å². The Morgan fingerprint density at radius 2 is 1.84 bits per heavy atom. The molecule has 2 aromatic heterocycles. The van der Waals surface area contributed by atoms with Gasteiger partial charge < -0.3 is 15.0 Å². The molecule has 3 aromatic rings. The molecule has 0 radical (unpaired) electrons. The van der Waals surface area contributed by atoms with Crippen LogP contribution in [0, 0.1) is 0 Å². The molecular weight excluding hydrogens is 444 g/mol. The smallest absolute Gasteiger partial charge is 0.407 e. The number of rotatable bonds is 5. The van der Waals surface area contributed by atoms with Gasteiger partial charge in [0.2, 0.25) is 5.91 Å². The van der Waals surface area contributed by atoms with Crippen molar-refractivity contribution in [1.82, 2.24) is 24.8 Å². The minimum atomic E-state index is -3.36. The van der Waals surface area contributed by atoms with Crippen LogP contribution in [-0.2, 0) is 11.3 Å². The van der Waals surface area contributed by atoms with Crippen molar-refractivity contribution in [2.45, 2.75) is 18.5 Å². The lowest BCUT2D eigenvalue weighted by molar-refractivity contribution is -0.124. The summed E-state index contributed by atoms with van der Waals surface area (Å²) in [6.07, 6.45) is 3.19. The first-order valence-electron chi connectivity index (χ1n) is 9.61. The molecule has 3 heterocycles. The van der Waals surface area contributed by atoms with Crippen LogP contribution in [0.3, 0.4) is 0 Å². The average molecular weight is 462 g/mol. The fourth-order valence-corrected chi connectivity index (χ4v) is 3.73. The van der Waals surface area contributed by atoms with Gasteiger partial charge in [-0.25, -0.2) is 18.6 Å². The molecule has 1 aliphatic rings. The molecule has 1 atom stereocenters. The number of imidazole rings is 1. The maximum atomic E-state index is 14.2. The quantitative estimate of drug-likeness (QED) is 0.606. The second-order valence-corrected chi connectivity index (χ2v) is 7.79. The first kappa shape index (κ1) is 21.7. The summed E-state index contributed by atoms with van der Waals surface area (Å²) in [5, 5.41) is 11.8. The standard InChI is InChI=1S/C21H18ClF2N5O3/c22-15-3-1-13(2-4-15)18-19(14-5-7-25-8-6-14)29(12-26-18)10-17(30)27-16-9-28(20(31)32)11-21(16,23)24/h1-8,12,16H,9-11H2,(H,27,30)(H,31,32). The number of carboxylic acid groups (broad SMARTS) is 1. The van der Waals surface area contributed by atoms with Crippen LogP contribution in [0.4, 0.5) is 13.6 Å². The number of hydrogen-bond donors (Lipinski definition) is 2. The van der Waals surface area contributed by atoms with Crippen LogP contribution in [-0.4, -0.2) is 61.6 Å². The fourth-order valence-electron chi connectivity index (χ4n) is 3.61. The molecule has 1 fully saturated rings. The van der Waals surface area contributed by atoms with E-state index in [1.165, 1.54) is 6.33 Å². The SMILES string of the molecule is O=C(Cn1cnc(-c2ccc(Cl)cc2)c1-c1ccncc1)NC1CN(C(=O)O)CC1(F)F. The second kappa shape index (κ2) is 8.54. The first-order valence-corrected chi connectivity index (χ1v) is 9.99. The highest BCUT2D eigenvalue weighted by molar-refractivity contribution is 6.30. The molecule has 1 saturated heterocycles. The van der Waals surface area contributed by atoms with Crippen LogP contribution >= 0.6 is 11.6 Å². The number of amides is 2. The molecule has 2 N–H and O–H groups in total. The molecule has 166 valence electrons. The van der Waals surface area contributed by atoms with Gasteiger partial charge in [0.25, 0.3) is 5.92 Å². The molecule has 0 bridgehead atoms. The summed E-state index contributed by atoms with van der Waals surface area (Å²) < 4.78 is 29.9. The van der Waals surface area contributed by atoms with E-state index in [9.17, 15) is 18.4 Å². The van der Waals surface area contributed by atoms with E-state index in [2.05, 4.69) is 15.3 Å². The third kappa shape index (κ3) is 4.40. The van der Waals surface area contributed by atoms with Crippen molar-refractivity contribution in [3.8, 4) is 22.5 Å². The van der Waals surface area contributed by atoms with E-state index in [4.69, 9.17) is 16.7 Å². The molecule has 0 saturated carbocycles. The molecule has 1 unspecified atom stereocenters. The van der Waals surface area contributed by atoms with Gasteiger partial charge in [-0.05, 0) is 24.3 Å². The van der Waals surface area contributed by atoms with Gasteiger partial charge in [0.05, 0.1) is 30.8 Å². The summed E-state index contributed by atoms with van der Waals surface area (Å²) in [7, 11) is 0. The predicted molar refractivity (Wildman–Crippen MR) is 112 cm³/mol.